The van der Waals surface area contributed by atoms with E-state index in [4.69, 9.17) is 0 Å². The van der Waals surface area contributed by atoms with Gasteiger partial charge in [-0.2, -0.15) is 5.10 Å². The van der Waals surface area contributed by atoms with Crippen molar-refractivity contribution in [3.63, 3.8) is 0 Å². The Labute approximate surface area is 198 Å². The second-order valence-electron chi connectivity index (χ2n) is 9.08. The largest absolute Gasteiger partial charge is 0.280 e. The van der Waals surface area contributed by atoms with E-state index in [2.05, 4.69) is 19.5 Å². The van der Waals surface area contributed by atoms with Crippen LogP contribution in [0.1, 0.15) is 58.2 Å². The number of hydrogen-bond acceptors (Lipinski definition) is 7. The zero-order chi connectivity index (χ0) is 23.9. The summed E-state index contributed by atoms with van der Waals surface area (Å²) in [4.78, 5) is 4.06. The van der Waals surface area contributed by atoms with E-state index in [9.17, 15) is 16.8 Å². The lowest BCUT2D eigenvalue weighted by atomic mass is 9.92. The van der Waals surface area contributed by atoms with Crippen molar-refractivity contribution < 1.29 is 16.8 Å². The van der Waals surface area contributed by atoms with Gasteiger partial charge in [0.05, 0.1) is 16.6 Å². The Morgan fingerprint density at radius 3 is 2.24 bits per heavy atom. The highest BCUT2D eigenvalue weighted by Gasteiger charge is 2.32. The van der Waals surface area contributed by atoms with Crippen molar-refractivity contribution in [3.8, 4) is 0 Å². The highest BCUT2D eigenvalue weighted by molar-refractivity contribution is 7.93. The molecule has 1 aliphatic carbocycles. The standard InChI is InChI=1S/C21H27N5O4S3/c1-21(2,3)19-18(14-26(23-19)16-6-4-5-7-16)33(29,30)24-15-8-10-17(11-9-15)32(27,28)25-20-22-12-13-31-20/h8-14,16,24H,4-7H2,1-3H3,(H,22,25). The Kier molecular flexibility index (Phi) is 6.27. The molecule has 1 fully saturated rings. The Hall–Kier alpha value is -2.44. The molecule has 3 aromatic rings. The summed E-state index contributed by atoms with van der Waals surface area (Å²) in [5, 5.41) is 6.58. The number of aromatic nitrogens is 3. The SMILES string of the molecule is CC(C)(C)c1nn(C2CCCC2)cc1S(=O)(=O)Nc1ccc(S(=O)(=O)Nc2nccs2)cc1. The molecule has 0 bridgehead atoms. The molecule has 0 spiro atoms. The van der Waals surface area contributed by atoms with Gasteiger partial charge in [0, 0.05) is 28.9 Å². The van der Waals surface area contributed by atoms with Crippen molar-refractivity contribution in [2.24, 2.45) is 0 Å². The first-order chi connectivity index (χ1) is 15.5. The molecule has 0 radical (unpaired) electrons. The number of nitrogens with one attached hydrogen (secondary N) is 2. The van der Waals surface area contributed by atoms with E-state index in [0.29, 0.717) is 5.69 Å². The molecular formula is C21H27N5O4S3. The van der Waals surface area contributed by atoms with Gasteiger partial charge in [-0.1, -0.05) is 33.6 Å². The zero-order valence-electron chi connectivity index (χ0n) is 18.6. The Bertz CT molecular complexity index is 1320. The molecule has 2 aromatic heterocycles. The topological polar surface area (TPSA) is 123 Å². The summed E-state index contributed by atoms with van der Waals surface area (Å²) in [6.45, 7) is 5.80. The van der Waals surface area contributed by atoms with E-state index in [-0.39, 0.29) is 26.7 Å². The molecule has 0 saturated heterocycles. The summed E-state index contributed by atoms with van der Waals surface area (Å²) in [5.74, 6) is 0. The Balaban J connectivity index is 1.59. The van der Waals surface area contributed by atoms with Crippen LogP contribution >= 0.6 is 11.3 Å². The number of nitrogens with zero attached hydrogens (tertiary/aromatic N) is 3. The van der Waals surface area contributed by atoms with Gasteiger partial charge in [-0.25, -0.2) is 21.8 Å². The lowest BCUT2D eigenvalue weighted by Crippen LogP contribution is -2.20. The first-order valence-corrected chi connectivity index (χ1v) is 14.5. The van der Waals surface area contributed by atoms with Crippen LogP contribution in [0.3, 0.4) is 0 Å². The number of thiazole rings is 1. The molecule has 12 heteroatoms. The lowest BCUT2D eigenvalue weighted by molar-refractivity contribution is 0.448. The van der Waals surface area contributed by atoms with Crippen molar-refractivity contribution >= 4 is 42.2 Å². The molecule has 0 amide bonds. The first kappa shape index (κ1) is 23.7. The van der Waals surface area contributed by atoms with Crippen molar-refractivity contribution in [1.82, 2.24) is 14.8 Å². The quantitative estimate of drug-likeness (QED) is 0.488. The molecule has 0 atom stereocenters. The molecule has 4 rings (SSSR count). The van der Waals surface area contributed by atoms with E-state index in [0.717, 1.165) is 25.7 Å². The smallest absolute Gasteiger partial charge is 0.265 e. The predicted octanol–water partition coefficient (Wildman–Crippen LogP) is 4.35. The van der Waals surface area contributed by atoms with Gasteiger partial charge in [0.25, 0.3) is 20.0 Å². The maximum atomic E-state index is 13.3. The van der Waals surface area contributed by atoms with E-state index in [1.807, 2.05) is 20.8 Å². The maximum Gasteiger partial charge on any atom is 0.265 e. The second-order valence-corrected chi connectivity index (χ2v) is 13.3. The maximum absolute atomic E-state index is 13.3. The molecule has 9 nitrogen and oxygen atoms in total. The fourth-order valence-corrected chi connectivity index (χ4v) is 7.00. The number of anilines is 2. The van der Waals surface area contributed by atoms with Crippen LogP contribution in [0.15, 0.2) is 51.8 Å². The number of rotatable bonds is 7. The summed E-state index contributed by atoms with van der Waals surface area (Å²) in [7, 11) is -7.75. The highest BCUT2D eigenvalue weighted by Crippen LogP contribution is 2.34. The van der Waals surface area contributed by atoms with Crippen molar-refractivity contribution in [2.75, 3.05) is 9.44 Å². The van der Waals surface area contributed by atoms with Crippen LogP contribution in [0.4, 0.5) is 10.8 Å². The fraction of sp³-hybridized carbons (Fsp3) is 0.429. The Morgan fingerprint density at radius 2 is 1.67 bits per heavy atom. The van der Waals surface area contributed by atoms with Gasteiger partial charge < -0.3 is 0 Å². The molecule has 178 valence electrons. The second kappa shape index (κ2) is 8.73. The molecule has 1 aliphatic rings. The zero-order valence-corrected chi connectivity index (χ0v) is 21.1. The van der Waals surface area contributed by atoms with Crippen LogP contribution < -0.4 is 9.44 Å². The van der Waals surface area contributed by atoms with Gasteiger partial charge in [-0.3, -0.25) is 14.1 Å². The van der Waals surface area contributed by atoms with E-state index in [1.54, 1.807) is 16.3 Å². The molecule has 2 N–H and O–H groups in total. The van der Waals surface area contributed by atoms with Crippen molar-refractivity contribution in [2.45, 2.75) is 67.7 Å². The molecule has 1 saturated carbocycles. The van der Waals surface area contributed by atoms with E-state index >= 15 is 0 Å². The molecule has 0 aliphatic heterocycles. The van der Waals surface area contributed by atoms with Gasteiger partial charge >= 0.3 is 0 Å². The van der Waals surface area contributed by atoms with Gasteiger partial charge in [0.2, 0.25) is 0 Å². The summed E-state index contributed by atoms with van der Waals surface area (Å²) >= 11 is 1.17. The van der Waals surface area contributed by atoms with Crippen molar-refractivity contribution in [1.29, 1.82) is 0 Å². The number of benzene rings is 1. The first-order valence-electron chi connectivity index (χ1n) is 10.6. The third-order valence-corrected chi connectivity index (χ3v) is 9.02. The summed E-state index contributed by atoms with van der Waals surface area (Å²) < 4.78 is 58.3. The number of sulfonamides is 2. The van der Waals surface area contributed by atoms with Crippen LogP contribution in [0.25, 0.3) is 0 Å². The molecule has 2 heterocycles. The van der Waals surface area contributed by atoms with Gasteiger partial charge in [-0.05, 0) is 37.1 Å². The minimum Gasteiger partial charge on any atom is -0.280 e. The summed E-state index contributed by atoms with van der Waals surface area (Å²) in [5.41, 5.74) is 0.304. The fourth-order valence-electron chi connectivity index (χ4n) is 3.81. The van der Waals surface area contributed by atoms with Gasteiger partial charge in [-0.15, -0.1) is 11.3 Å². The predicted molar refractivity (Wildman–Crippen MR) is 129 cm³/mol. The minimum absolute atomic E-state index is 0.00471. The van der Waals surface area contributed by atoms with Crippen LogP contribution in [0, 0.1) is 0 Å². The van der Waals surface area contributed by atoms with E-state index in [1.165, 1.54) is 41.8 Å². The third kappa shape index (κ3) is 5.22. The van der Waals surface area contributed by atoms with Gasteiger partial charge in [0.15, 0.2) is 5.13 Å². The molecular weight excluding hydrogens is 482 g/mol. The van der Waals surface area contributed by atoms with Crippen LogP contribution in [0.2, 0.25) is 0 Å². The normalized spacial score (nSPS) is 15.6. The van der Waals surface area contributed by atoms with Crippen LogP contribution in [0.5, 0.6) is 0 Å². The molecule has 33 heavy (non-hydrogen) atoms. The van der Waals surface area contributed by atoms with Crippen molar-refractivity contribution in [3.05, 3.63) is 47.7 Å². The van der Waals surface area contributed by atoms with Gasteiger partial charge in [0.1, 0.15) is 4.90 Å². The monoisotopic (exact) mass is 509 g/mol. The molecule has 0 unspecified atom stereocenters. The van der Waals surface area contributed by atoms with Crippen LogP contribution in [-0.4, -0.2) is 31.6 Å². The average molecular weight is 510 g/mol. The Morgan fingerprint density at radius 1 is 1.00 bits per heavy atom. The van der Waals surface area contributed by atoms with Crippen LogP contribution in [-0.2, 0) is 25.5 Å². The van der Waals surface area contributed by atoms with E-state index < -0.39 is 25.5 Å². The lowest BCUT2D eigenvalue weighted by Gasteiger charge is -2.18. The summed E-state index contributed by atoms with van der Waals surface area (Å²) in [6, 6.07) is 5.75. The minimum atomic E-state index is -3.93. The molecule has 1 aromatic carbocycles. The highest BCUT2D eigenvalue weighted by atomic mass is 32.2. The average Bonchev–Trinajstić information content (AvgIpc) is 3.48. The third-order valence-electron chi connectivity index (χ3n) is 5.47. The summed E-state index contributed by atoms with van der Waals surface area (Å²) in [6.07, 6.45) is 7.33. The number of hydrogen-bond donors (Lipinski definition) is 2.